The van der Waals surface area contributed by atoms with Crippen LogP contribution in [0.15, 0.2) is 24.4 Å². The van der Waals surface area contributed by atoms with Gasteiger partial charge in [-0.3, -0.25) is 14.7 Å². The number of H-pyrrole nitrogens is 1. The van der Waals surface area contributed by atoms with Gasteiger partial charge in [0.1, 0.15) is 0 Å². The number of carbonyl (C=O) groups is 2. The van der Waals surface area contributed by atoms with Crippen molar-refractivity contribution >= 4 is 28.5 Å². The molecule has 3 rings (SSSR count). The lowest BCUT2D eigenvalue weighted by Crippen LogP contribution is -2.36. The average molecular weight is 287 g/mol. The number of rotatable bonds is 3. The molecule has 0 spiro atoms. The highest BCUT2D eigenvalue weighted by atomic mass is 16.4. The van der Waals surface area contributed by atoms with Gasteiger partial charge in [-0.15, -0.1) is 0 Å². The predicted molar refractivity (Wildman–Crippen MR) is 77.8 cm³/mol. The molecule has 0 saturated heterocycles. The highest BCUT2D eigenvalue weighted by molar-refractivity contribution is 6.02. The van der Waals surface area contributed by atoms with Crippen LogP contribution in [0.3, 0.4) is 0 Å². The molecule has 2 aromatic rings. The molecule has 1 fully saturated rings. The molecule has 1 amide bonds. The van der Waals surface area contributed by atoms with Gasteiger partial charge in [-0.25, -0.2) is 0 Å². The van der Waals surface area contributed by atoms with E-state index < -0.39 is 17.8 Å². The number of amides is 1. The van der Waals surface area contributed by atoms with Gasteiger partial charge in [-0.1, -0.05) is 18.9 Å². The lowest BCUT2D eigenvalue weighted by Gasteiger charge is -2.27. The van der Waals surface area contributed by atoms with Crippen molar-refractivity contribution < 1.29 is 14.7 Å². The zero-order valence-electron chi connectivity index (χ0n) is 11.5. The van der Waals surface area contributed by atoms with Gasteiger partial charge in [-0.05, 0) is 25.0 Å². The molecule has 1 aromatic heterocycles. The first-order chi connectivity index (χ1) is 10.2. The van der Waals surface area contributed by atoms with E-state index in [-0.39, 0.29) is 5.91 Å². The van der Waals surface area contributed by atoms with E-state index in [0.29, 0.717) is 18.5 Å². The van der Waals surface area contributed by atoms with E-state index in [4.69, 9.17) is 0 Å². The number of hydrogen-bond acceptors (Lipinski definition) is 3. The predicted octanol–water partition coefficient (Wildman–Crippen LogP) is 2.39. The van der Waals surface area contributed by atoms with Crippen molar-refractivity contribution in [1.82, 2.24) is 10.2 Å². The van der Waals surface area contributed by atoms with E-state index in [1.165, 1.54) is 0 Å². The fraction of sp³-hybridized carbons (Fsp3) is 0.400. The molecule has 0 aliphatic heterocycles. The molecule has 1 saturated carbocycles. The number of carbonyl (C=O) groups excluding carboxylic acids is 1. The summed E-state index contributed by atoms with van der Waals surface area (Å²) < 4.78 is 0. The first kappa shape index (κ1) is 13.6. The van der Waals surface area contributed by atoms with Crippen LogP contribution < -0.4 is 5.32 Å². The maximum Gasteiger partial charge on any atom is 0.307 e. The molecule has 1 heterocycles. The number of anilines is 1. The monoisotopic (exact) mass is 287 g/mol. The third-order valence-electron chi connectivity index (χ3n) is 4.16. The van der Waals surface area contributed by atoms with E-state index in [1.807, 2.05) is 12.1 Å². The molecule has 0 unspecified atom stereocenters. The van der Waals surface area contributed by atoms with Crippen LogP contribution in [0.2, 0.25) is 0 Å². The fourth-order valence-corrected chi connectivity index (χ4v) is 3.04. The Hall–Kier alpha value is -2.37. The summed E-state index contributed by atoms with van der Waals surface area (Å²) in [5, 5.41) is 19.8. The zero-order valence-corrected chi connectivity index (χ0v) is 11.5. The largest absolute Gasteiger partial charge is 0.481 e. The Morgan fingerprint density at radius 1 is 1.24 bits per heavy atom. The van der Waals surface area contributed by atoms with Crippen molar-refractivity contribution in [3.05, 3.63) is 24.4 Å². The topological polar surface area (TPSA) is 95.1 Å². The van der Waals surface area contributed by atoms with Crippen LogP contribution in [0.4, 0.5) is 5.69 Å². The van der Waals surface area contributed by atoms with Crippen LogP contribution in [0.25, 0.3) is 10.9 Å². The minimum absolute atomic E-state index is 0.212. The first-order valence-corrected chi connectivity index (χ1v) is 7.12. The van der Waals surface area contributed by atoms with Crippen LogP contribution in [-0.2, 0) is 9.59 Å². The Morgan fingerprint density at radius 2 is 2.00 bits per heavy atom. The molecule has 0 radical (unpaired) electrons. The van der Waals surface area contributed by atoms with E-state index >= 15 is 0 Å². The third kappa shape index (κ3) is 2.61. The quantitative estimate of drug-likeness (QED) is 0.807. The second kappa shape index (κ2) is 5.55. The molecular weight excluding hydrogens is 270 g/mol. The summed E-state index contributed by atoms with van der Waals surface area (Å²) in [7, 11) is 0. The number of fused-ring (bicyclic) bond motifs is 1. The lowest BCUT2D eigenvalue weighted by atomic mass is 9.78. The lowest BCUT2D eigenvalue weighted by molar-refractivity contribution is -0.147. The SMILES string of the molecule is O=C(O)[C@H]1CCCC[C@H]1C(=O)Nc1cccc2[nH]ncc12. The summed E-state index contributed by atoms with van der Waals surface area (Å²) >= 11 is 0. The molecule has 0 bridgehead atoms. The molecule has 1 aromatic carbocycles. The third-order valence-corrected chi connectivity index (χ3v) is 4.16. The fourth-order valence-electron chi connectivity index (χ4n) is 3.04. The van der Waals surface area contributed by atoms with E-state index in [1.54, 1.807) is 12.3 Å². The number of benzene rings is 1. The smallest absolute Gasteiger partial charge is 0.307 e. The molecular formula is C15H17N3O3. The summed E-state index contributed by atoms with van der Waals surface area (Å²) in [4.78, 5) is 23.7. The number of aromatic amines is 1. The van der Waals surface area contributed by atoms with Crippen LogP contribution in [0.1, 0.15) is 25.7 Å². The Balaban J connectivity index is 1.82. The Morgan fingerprint density at radius 3 is 2.76 bits per heavy atom. The number of aliphatic carboxylic acids is 1. The number of carboxylic acid groups (broad SMARTS) is 1. The van der Waals surface area contributed by atoms with Gasteiger partial charge in [0.2, 0.25) is 5.91 Å². The highest BCUT2D eigenvalue weighted by Crippen LogP contribution is 2.32. The number of nitrogens with one attached hydrogen (secondary N) is 2. The van der Waals surface area contributed by atoms with Crippen molar-refractivity contribution in [3.63, 3.8) is 0 Å². The second-order valence-corrected chi connectivity index (χ2v) is 5.46. The molecule has 110 valence electrons. The molecule has 1 aliphatic rings. The summed E-state index contributed by atoms with van der Waals surface area (Å²) in [5.74, 6) is -2.13. The number of nitrogens with zero attached hydrogens (tertiary/aromatic N) is 1. The van der Waals surface area contributed by atoms with Crippen molar-refractivity contribution in [2.75, 3.05) is 5.32 Å². The molecule has 21 heavy (non-hydrogen) atoms. The van der Waals surface area contributed by atoms with E-state index in [0.717, 1.165) is 23.7 Å². The van der Waals surface area contributed by atoms with Crippen molar-refractivity contribution in [1.29, 1.82) is 0 Å². The molecule has 1 aliphatic carbocycles. The maximum absolute atomic E-state index is 12.4. The van der Waals surface area contributed by atoms with Gasteiger partial charge in [0.25, 0.3) is 0 Å². The Kier molecular flexibility index (Phi) is 3.60. The van der Waals surface area contributed by atoms with Gasteiger partial charge in [0.15, 0.2) is 0 Å². The van der Waals surface area contributed by atoms with Crippen LogP contribution in [-0.4, -0.2) is 27.2 Å². The summed E-state index contributed by atoms with van der Waals surface area (Å²) in [6, 6.07) is 5.50. The Labute approximate surface area is 121 Å². The van der Waals surface area contributed by atoms with Crippen molar-refractivity contribution in [2.24, 2.45) is 11.8 Å². The number of aromatic nitrogens is 2. The first-order valence-electron chi connectivity index (χ1n) is 7.12. The van der Waals surface area contributed by atoms with E-state index in [2.05, 4.69) is 15.5 Å². The van der Waals surface area contributed by atoms with Gasteiger partial charge >= 0.3 is 5.97 Å². The van der Waals surface area contributed by atoms with Crippen LogP contribution in [0, 0.1) is 11.8 Å². The Bertz CT molecular complexity index is 680. The summed E-state index contributed by atoms with van der Waals surface area (Å²) in [5.41, 5.74) is 1.51. The highest BCUT2D eigenvalue weighted by Gasteiger charge is 2.35. The van der Waals surface area contributed by atoms with E-state index in [9.17, 15) is 14.7 Å². The molecule has 6 nitrogen and oxygen atoms in total. The molecule has 2 atom stereocenters. The van der Waals surface area contributed by atoms with Crippen molar-refractivity contribution in [2.45, 2.75) is 25.7 Å². The minimum atomic E-state index is -0.878. The summed E-state index contributed by atoms with van der Waals surface area (Å²) in [6.07, 6.45) is 4.63. The second-order valence-electron chi connectivity index (χ2n) is 5.46. The minimum Gasteiger partial charge on any atom is -0.481 e. The van der Waals surface area contributed by atoms with Crippen molar-refractivity contribution in [3.8, 4) is 0 Å². The van der Waals surface area contributed by atoms with Gasteiger partial charge in [0.05, 0.1) is 29.2 Å². The standard InChI is InChI=1S/C15H17N3O3/c19-14(9-4-1-2-5-10(9)15(20)21)17-12-6-3-7-13-11(12)8-16-18-13/h3,6-10H,1-2,4-5H2,(H,16,18)(H,17,19)(H,20,21)/t9-,10+/m1/s1. The molecule has 3 N–H and O–H groups in total. The van der Waals surface area contributed by atoms with Gasteiger partial charge < -0.3 is 10.4 Å². The van der Waals surface area contributed by atoms with Crippen LogP contribution in [0.5, 0.6) is 0 Å². The zero-order chi connectivity index (χ0) is 14.8. The summed E-state index contributed by atoms with van der Waals surface area (Å²) in [6.45, 7) is 0. The molecule has 6 heteroatoms. The normalized spacial score (nSPS) is 22.1. The van der Waals surface area contributed by atoms with Gasteiger partial charge in [-0.2, -0.15) is 5.10 Å². The number of hydrogen-bond donors (Lipinski definition) is 3. The number of carboxylic acids is 1. The average Bonchev–Trinajstić information content (AvgIpc) is 2.96. The van der Waals surface area contributed by atoms with Crippen LogP contribution >= 0.6 is 0 Å². The van der Waals surface area contributed by atoms with Gasteiger partial charge in [0, 0.05) is 5.39 Å². The maximum atomic E-state index is 12.4.